The van der Waals surface area contributed by atoms with Gasteiger partial charge in [-0.15, -0.1) is 0 Å². The summed E-state index contributed by atoms with van der Waals surface area (Å²) in [6, 6.07) is 16.1. The SMILES string of the molecule is COc1cc(NC(C)CCCNC(=O)CCC(=O)NCCCNCCCCCCCCNCCCCNCCCNC(=O)CCC(=O)NCCCC(C)Nc2cc(OC)cc3cccnc23)c2ncccc2c1.O=C(O)C(F)(F)F.O=C(O)C(F)(F)F. The van der Waals surface area contributed by atoms with E-state index >= 15 is 0 Å². The van der Waals surface area contributed by atoms with Gasteiger partial charge in [0.05, 0.1) is 36.6 Å². The molecule has 0 bridgehead atoms. The van der Waals surface area contributed by atoms with Gasteiger partial charge < -0.3 is 67.5 Å². The summed E-state index contributed by atoms with van der Waals surface area (Å²) >= 11 is 0. The van der Waals surface area contributed by atoms with Crippen molar-refractivity contribution in [1.29, 1.82) is 0 Å². The number of carboxylic acid groups (broad SMARTS) is 2. The van der Waals surface area contributed by atoms with E-state index in [4.69, 9.17) is 29.3 Å². The molecular weight excluding hydrogens is 1150 g/mol. The van der Waals surface area contributed by atoms with Gasteiger partial charge in [-0.05, 0) is 142 Å². The molecule has 0 aliphatic carbocycles. The van der Waals surface area contributed by atoms with Crippen LogP contribution in [-0.4, -0.2) is 160 Å². The minimum absolute atomic E-state index is 0.0820. The first-order valence-corrected chi connectivity index (χ1v) is 29.7. The molecule has 4 rings (SSSR count). The highest BCUT2D eigenvalue weighted by atomic mass is 19.4. The molecule has 2 unspecified atom stereocenters. The van der Waals surface area contributed by atoms with Crippen LogP contribution < -0.4 is 57.3 Å². The first-order chi connectivity index (χ1) is 41.5. The van der Waals surface area contributed by atoms with Gasteiger partial charge in [-0.25, -0.2) is 9.59 Å². The fourth-order valence-corrected chi connectivity index (χ4v) is 8.50. The molecule has 2 heterocycles. The number of nitrogens with zero attached hydrogens (tertiary/aromatic N) is 2. The summed E-state index contributed by atoms with van der Waals surface area (Å²) in [6.45, 7) is 12.4. The number of pyridine rings is 2. The Balaban J connectivity index is 0.00000164. The lowest BCUT2D eigenvalue weighted by molar-refractivity contribution is -0.193. The van der Waals surface area contributed by atoms with Gasteiger partial charge in [0.2, 0.25) is 23.6 Å². The van der Waals surface area contributed by atoms with Crippen LogP contribution in [-0.2, 0) is 28.8 Å². The number of hydrogen-bond donors (Lipinski definition) is 11. The van der Waals surface area contributed by atoms with Crippen LogP contribution in [0.3, 0.4) is 0 Å². The Bertz CT molecular complexity index is 2460. The van der Waals surface area contributed by atoms with Gasteiger partial charge >= 0.3 is 24.3 Å². The third kappa shape index (κ3) is 36.5. The molecule has 4 amide bonds. The summed E-state index contributed by atoms with van der Waals surface area (Å²) in [5.74, 6) is -4.32. The highest BCUT2D eigenvalue weighted by molar-refractivity contribution is 5.93. The molecule has 2 aromatic heterocycles. The number of carboxylic acids is 2. The number of amides is 4. The Morgan fingerprint density at radius 1 is 0.448 bits per heavy atom. The number of nitrogens with one attached hydrogen (secondary N) is 9. The van der Waals surface area contributed by atoms with Gasteiger partial charge in [-0.1, -0.05) is 37.8 Å². The van der Waals surface area contributed by atoms with Gasteiger partial charge in [-0.3, -0.25) is 29.1 Å². The molecule has 27 heteroatoms. The normalized spacial score (nSPS) is 11.9. The van der Waals surface area contributed by atoms with E-state index < -0.39 is 24.3 Å². The number of hydrogen-bond acceptors (Lipinski definition) is 15. The van der Waals surface area contributed by atoms with Gasteiger partial charge in [0.1, 0.15) is 11.5 Å². The molecule has 21 nitrogen and oxygen atoms in total. The second-order valence-electron chi connectivity index (χ2n) is 20.7. The Kier molecular flexibility index (Phi) is 38.5. The number of alkyl halides is 6. The zero-order chi connectivity index (χ0) is 64.3. The number of anilines is 2. The first kappa shape index (κ1) is 75.8. The predicted octanol–water partition coefficient (Wildman–Crippen LogP) is 8.62. The quantitative estimate of drug-likeness (QED) is 0.0146. The van der Waals surface area contributed by atoms with E-state index in [0.29, 0.717) is 26.2 Å². The van der Waals surface area contributed by atoms with Crippen molar-refractivity contribution in [3.05, 3.63) is 60.9 Å². The Morgan fingerprint density at radius 2 is 0.736 bits per heavy atom. The molecule has 0 aliphatic rings. The van der Waals surface area contributed by atoms with E-state index in [1.54, 1.807) is 26.6 Å². The molecule has 87 heavy (non-hydrogen) atoms. The molecule has 0 aliphatic heterocycles. The number of aromatic nitrogens is 2. The van der Waals surface area contributed by atoms with Crippen molar-refractivity contribution in [2.75, 3.05) is 90.3 Å². The Morgan fingerprint density at radius 3 is 1.05 bits per heavy atom. The van der Waals surface area contributed by atoms with Crippen molar-refractivity contribution in [2.24, 2.45) is 0 Å². The van der Waals surface area contributed by atoms with Crippen LogP contribution in [0.4, 0.5) is 37.7 Å². The van der Waals surface area contributed by atoms with Crippen LogP contribution in [0.1, 0.15) is 129 Å². The highest BCUT2D eigenvalue weighted by Gasteiger charge is 2.39. The summed E-state index contributed by atoms with van der Waals surface area (Å²) in [7, 11) is 3.32. The average molecular weight is 1240 g/mol. The highest BCUT2D eigenvalue weighted by Crippen LogP contribution is 2.30. The molecule has 0 saturated heterocycles. The summed E-state index contributed by atoms with van der Waals surface area (Å²) in [5.41, 5.74) is 3.66. The minimum Gasteiger partial charge on any atom is -0.497 e. The lowest BCUT2D eigenvalue weighted by Crippen LogP contribution is -2.30. The Hall–Kier alpha value is -7.26. The van der Waals surface area contributed by atoms with Crippen LogP contribution in [0.15, 0.2) is 60.9 Å². The van der Waals surface area contributed by atoms with Crippen LogP contribution >= 0.6 is 0 Å². The number of rotatable bonds is 42. The summed E-state index contributed by atoms with van der Waals surface area (Å²) in [4.78, 5) is 75.9. The van der Waals surface area contributed by atoms with Crippen molar-refractivity contribution in [1.82, 2.24) is 47.2 Å². The van der Waals surface area contributed by atoms with Gasteiger partial charge in [-0.2, -0.15) is 26.3 Å². The maximum absolute atomic E-state index is 12.3. The molecule has 11 N–H and O–H groups in total. The number of benzene rings is 2. The molecule has 4 aromatic rings. The lowest BCUT2D eigenvalue weighted by Gasteiger charge is -2.17. The number of unbranched alkanes of at least 4 members (excludes halogenated alkanes) is 6. The van der Waals surface area contributed by atoms with E-state index in [0.717, 1.165) is 135 Å². The van der Waals surface area contributed by atoms with Crippen LogP contribution in [0.5, 0.6) is 11.5 Å². The maximum Gasteiger partial charge on any atom is 0.490 e. The van der Waals surface area contributed by atoms with Gasteiger partial charge in [0.25, 0.3) is 0 Å². The van der Waals surface area contributed by atoms with Gasteiger partial charge in [0.15, 0.2) is 0 Å². The fourth-order valence-electron chi connectivity index (χ4n) is 8.50. The smallest absolute Gasteiger partial charge is 0.490 e. The molecule has 0 radical (unpaired) electrons. The third-order valence-corrected chi connectivity index (χ3v) is 13.2. The molecule has 0 fully saturated rings. The van der Waals surface area contributed by atoms with Crippen molar-refractivity contribution in [2.45, 2.75) is 154 Å². The van der Waals surface area contributed by atoms with Crippen molar-refractivity contribution < 1.29 is 74.8 Å². The number of carbonyl (C=O) groups is 6. The molecule has 0 saturated carbocycles. The van der Waals surface area contributed by atoms with E-state index in [9.17, 15) is 45.5 Å². The summed E-state index contributed by atoms with van der Waals surface area (Å²) < 4.78 is 74.4. The number of carbonyl (C=O) groups excluding carboxylic acids is 4. The summed E-state index contributed by atoms with van der Waals surface area (Å²) in [5, 5.41) is 45.6. The average Bonchev–Trinajstić information content (AvgIpc) is 1.53. The van der Waals surface area contributed by atoms with Crippen LogP contribution in [0.25, 0.3) is 21.8 Å². The van der Waals surface area contributed by atoms with Crippen LogP contribution in [0, 0.1) is 0 Å². The monoisotopic (exact) mass is 1240 g/mol. The number of methoxy groups -OCH3 is 2. The fraction of sp³-hybridized carbons (Fsp3) is 0.600. The number of fused-ring (bicyclic) bond motifs is 2. The molecule has 2 atom stereocenters. The topological polar surface area (TPSA) is 295 Å². The maximum atomic E-state index is 12.3. The second kappa shape index (κ2) is 44.2. The van der Waals surface area contributed by atoms with E-state index in [-0.39, 0.29) is 61.4 Å². The standard InChI is InChI=1S/C56H89N11O6.2C2HF3O2/c1-43(66-49-41-47(72-3)39-45-21-15-35-64-55(45)49)19-13-33-60-51(68)23-25-53(70)62-37-17-31-58-28-10-8-6-5-7-9-27-57-29-11-12-30-59-32-18-38-63-54(71)26-24-52(69)61-34-14-20-44(2)67-50-42-48(73-4)40-46-22-16-36-65-56(46)50;2*3-2(4,5)1(6)7/h15-16,21-22,35-36,39-44,57-59,66-67H,5-14,17-20,23-34,37-38H2,1-4H3,(H,60,68)(H,61,69)(H,62,70)(H,63,71);2*(H,6,7). The lowest BCUT2D eigenvalue weighted by atomic mass is 10.1. The Labute approximate surface area is 505 Å². The van der Waals surface area contributed by atoms with Crippen LogP contribution in [0.2, 0.25) is 0 Å². The van der Waals surface area contributed by atoms with Gasteiger partial charge in [0, 0.05) is 99.2 Å². The molecule has 2 aromatic carbocycles. The zero-order valence-corrected chi connectivity index (χ0v) is 50.5. The predicted molar refractivity (Wildman–Crippen MR) is 324 cm³/mol. The van der Waals surface area contributed by atoms with E-state index in [2.05, 4.69) is 71.7 Å². The van der Waals surface area contributed by atoms with Crippen molar-refractivity contribution in [3.63, 3.8) is 0 Å². The second-order valence-corrected chi connectivity index (χ2v) is 20.7. The number of ether oxygens (including phenoxy) is 2. The van der Waals surface area contributed by atoms with Crippen molar-refractivity contribution >= 4 is 68.7 Å². The zero-order valence-electron chi connectivity index (χ0n) is 50.5. The largest absolute Gasteiger partial charge is 0.497 e. The number of halogens is 6. The van der Waals surface area contributed by atoms with E-state index in [1.165, 1.54) is 38.5 Å². The minimum atomic E-state index is -5.08. The first-order valence-electron chi connectivity index (χ1n) is 29.7. The third-order valence-electron chi connectivity index (χ3n) is 13.2. The van der Waals surface area contributed by atoms with E-state index in [1.807, 2.05) is 48.5 Å². The summed E-state index contributed by atoms with van der Waals surface area (Å²) in [6.07, 6.45) is 8.95. The number of aliphatic carboxylic acids is 2. The molecular formula is C60H91F6N11O10. The van der Waals surface area contributed by atoms with Crippen molar-refractivity contribution in [3.8, 4) is 11.5 Å². The molecule has 488 valence electrons. The molecule has 0 spiro atoms.